The number of aryl methyl sites for hydroxylation is 1. The molecular formula is C25H19F2N7O. The number of benzene rings is 2. The van der Waals surface area contributed by atoms with E-state index in [1.807, 2.05) is 0 Å². The predicted molar refractivity (Wildman–Crippen MR) is 125 cm³/mol. The molecule has 8 nitrogen and oxygen atoms in total. The van der Waals surface area contributed by atoms with Gasteiger partial charge >= 0.3 is 11.8 Å². The van der Waals surface area contributed by atoms with E-state index in [-0.39, 0.29) is 23.4 Å². The highest BCUT2D eigenvalue weighted by atomic mass is 19.3. The van der Waals surface area contributed by atoms with Crippen LogP contribution in [0.15, 0.2) is 67.0 Å². The molecule has 1 aliphatic rings. The first-order valence-corrected chi connectivity index (χ1v) is 10.8. The molecule has 0 spiro atoms. The summed E-state index contributed by atoms with van der Waals surface area (Å²) >= 11 is 0. The van der Waals surface area contributed by atoms with Crippen LogP contribution in [0.3, 0.4) is 0 Å². The number of carbonyl (C=O) groups excluding carboxylic acids is 1. The van der Waals surface area contributed by atoms with Crippen LogP contribution in [0.4, 0.5) is 26.2 Å². The number of hydrogen-bond donors (Lipinski definition) is 1. The van der Waals surface area contributed by atoms with Crippen molar-refractivity contribution in [1.29, 1.82) is 5.26 Å². The van der Waals surface area contributed by atoms with Crippen LogP contribution in [-0.4, -0.2) is 32.2 Å². The fourth-order valence-electron chi connectivity index (χ4n) is 4.12. The molecule has 4 aromatic rings. The first-order chi connectivity index (χ1) is 16.9. The van der Waals surface area contributed by atoms with Crippen LogP contribution in [0, 0.1) is 11.3 Å². The summed E-state index contributed by atoms with van der Waals surface area (Å²) in [5.74, 6) is -4.03. The molecule has 0 unspecified atom stereocenters. The summed E-state index contributed by atoms with van der Waals surface area (Å²) in [6.07, 6.45) is 3.57. The number of nitriles is 1. The van der Waals surface area contributed by atoms with Crippen molar-refractivity contribution in [3.8, 4) is 17.3 Å². The lowest BCUT2D eigenvalue weighted by Crippen LogP contribution is -2.41. The molecule has 0 fully saturated rings. The molecule has 0 atom stereocenters. The maximum atomic E-state index is 15.0. The van der Waals surface area contributed by atoms with Gasteiger partial charge in [-0.15, -0.1) is 0 Å². The number of aromatic nitrogens is 4. The molecule has 0 aliphatic carbocycles. The first-order valence-electron chi connectivity index (χ1n) is 10.8. The molecule has 2 aromatic heterocycles. The van der Waals surface area contributed by atoms with Crippen molar-refractivity contribution in [2.24, 2.45) is 7.05 Å². The van der Waals surface area contributed by atoms with Crippen LogP contribution in [-0.2, 0) is 24.2 Å². The minimum absolute atomic E-state index is 0.0613. The number of carbonyl (C=O) groups is 1. The Morgan fingerprint density at radius 2 is 1.94 bits per heavy atom. The molecule has 5 rings (SSSR count). The minimum Gasteiger partial charge on any atom is -0.309 e. The average Bonchev–Trinajstić information content (AvgIpc) is 3.49. The summed E-state index contributed by atoms with van der Waals surface area (Å²) in [6, 6.07) is 15.8. The SMILES string of the molecule is Cn1nccc1Nc1nccc(-c2cc(C#N)c3c(c2)CCN3C(=O)C(F)(F)c2ccccc2)n1. The molecule has 2 aromatic carbocycles. The summed E-state index contributed by atoms with van der Waals surface area (Å²) in [5.41, 5.74) is 1.77. The van der Waals surface area contributed by atoms with Crippen LogP contribution in [0.1, 0.15) is 16.7 Å². The van der Waals surface area contributed by atoms with Crippen LogP contribution in [0.2, 0.25) is 0 Å². The quantitative estimate of drug-likeness (QED) is 0.469. The monoisotopic (exact) mass is 471 g/mol. The highest BCUT2D eigenvalue weighted by Crippen LogP contribution is 2.40. The lowest BCUT2D eigenvalue weighted by molar-refractivity contribution is -0.143. The third kappa shape index (κ3) is 3.97. The van der Waals surface area contributed by atoms with Gasteiger partial charge in [0.05, 0.1) is 23.1 Å². The van der Waals surface area contributed by atoms with Gasteiger partial charge in [0.1, 0.15) is 11.9 Å². The summed E-state index contributed by atoms with van der Waals surface area (Å²) in [6.45, 7) is 0.0613. The van der Waals surface area contributed by atoms with Gasteiger partial charge in [-0.25, -0.2) is 9.97 Å². The second-order valence-electron chi connectivity index (χ2n) is 8.02. The highest BCUT2D eigenvalue weighted by molar-refractivity contribution is 6.02. The number of anilines is 3. The van der Waals surface area contributed by atoms with Crippen LogP contribution < -0.4 is 10.2 Å². The van der Waals surface area contributed by atoms with Crippen molar-refractivity contribution >= 4 is 23.4 Å². The molecule has 174 valence electrons. The number of nitrogens with zero attached hydrogens (tertiary/aromatic N) is 6. The van der Waals surface area contributed by atoms with E-state index in [2.05, 4.69) is 26.5 Å². The maximum absolute atomic E-state index is 15.0. The smallest absolute Gasteiger partial charge is 0.309 e. The topological polar surface area (TPSA) is 99.7 Å². The Kier molecular flexibility index (Phi) is 5.45. The summed E-state index contributed by atoms with van der Waals surface area (Å²) in [4.78, 5) is 22.7. The van der Waals surface area contributed by atoms with Crippen molar-refractivity contribution < 1.29 is 13.6 Å². The van der Waals surface area contributed by atoms with Gasteiger partial charge in [-0.2, -0.15) is 19.1 Å². The number of fused-ring (bicyclic) bond motifs is 1. The maximum Gasteiger partial charge on any atom is 0.350 e. The van der Waals surface area contributed by atoms with Crippen molar-refractivity contribution in [3.05, 3.63) is 83.7 Å². The molecule has 1 amide bonds. The van der Waals surface area contributed by atoms with Gasteiger partial charge in [0.15, 0.2) is 0 Å². The predicted octanol–water partition coefficient (Wildman–Crippen LogP) is 4.17. The molecule has 0 radical (unpaired) electrons. The largest absolute Gasteiger partial charge is 0.350 e. The Balaban J connectivity index is 1.48. The third-order valence-corrected chi connectivity index (χ3v) is 5.85. The van der Waals surface area contributed by atoms with E-state index < -0.39 is 11.8 Å². The number of halogens is 2. The van der Waals surface area contributed by atoms with Gasteiger partial charge in [0.25, 0.3) is 0 Å². The molecule has 1 N–H and O–H groups in total. The summed E-state index contributed by atoms with van der Waals surface area (Å²) in [7, 11) is 1.78. The van der Waals surface area contributed by atoms with Crippen molar-refractivity contribution in [3.63, 3.8) is 0 Å². The second-order valence-corrected chi connectivity index (χ2v) is 8.02. The Hall–Kier alpha value is -4.65. The number of nitrogens with one attached hydrogen (secondary N) is 1. The number of rotatable bonds is 5. The van der Waals surface area contributed by atoms with Crippen LogP contribution >= 0.6 is 0 Å². The standard InChI is InChI=1S/C25H19F2N7O/c1-33-21(8-11-30-33)32-24-29-10-7-20(31-24)17-13-16-9-12-34(22(16)18(14-17)15-28)23(35)25(26,27)19-5-3-2-4-6-19/h2-8,10-11,13-14H,9,12H2,1H3,(H,29,31,32). The fourth-order valence-corrected chi connectivity index (χ4v) is 4.12. The Morgan fingerprint density at radius 3 is 2.66 bits per heavy atom. The normalized spacial score (nSPS) is 12.8. The molecule has 10 heteroatoms. The lowest BCUT2D eigenvalue weighted by Gasteiger charge is -2.24. The van der Waals surface area contributed by atoms with Crippen LogP contribution in [0.25, 0.3) is 11.3 Å². The average molecular weight is 471 g/mol. The zero-order chi connectivity index (χ0) is 24.6. The lowest BCUT2D eigenvalue weighted by atomic mass is 10.0. The molecule has 0 bridgehead atoms. The van der Waals surface area contributed by atoms with E-state index in [1.54, 1.807) is 54.5 Å². The van der Waals surface area contributed by atoms with E-state index in [0.29, 0.717) is 35.0 Å². The number of hydrogen-bond acceptors (Lipinski definition) is 6. The van der Waals surface area contributed by atoms with E-state index in [1.165, 1.54) is 24.3 Å². The van der Waals surface area contributed by atoms with Gasteiger partial charge in [0.2, 0.25) is 5.95 Å². The third-order valence-electron chi connectivity index (χ3n) is 5.85. The van der Waals surface area contributed by atoms with Crippen LogP contribution in [0.5, 0.6) is 0 Å². The summed E-state index contributed by atoms with van der Waals surface area (Å²) < 4.78 is 31.6. The molecule has 35 heavy (non-hydrogen) atoms. The van der Waals surface area contributed by atoms with Crippen molar-refractivity contribution in [1.82, 2.24) is 19.7 Å². The Labute approximate surface area is 199 Å². The van der Waals surface area contributed by atoms with Gasteiger partial charge in [-0.05, 0) is 30.2 Å². The first kappa shape index (κ1) is 22.2. The molecule has 0 saturated carbocycles. The minimum atomic E-state index is -3.71. The Bertz CT molecular complexity index is 1460. The van der Waals surface area contributed by atoms with Gasteiger partial charge in [0, 0.05) is 37.0 Å². The second kappa shape index (κ2) is 8.61. The molecular weight excluding hydrogens is 452 g/mol. The van der Waals surface area contributed by atoms with Gasteiger partial charge < -0.3 is 10.2 Å². The van der Waals surface area contributed by atoms with E-state index in [9.17, 15) is 18.8 Å². The zero-order valence-electron chi connectivity index (χ0n) is 18.6. The molecule has 3 heterocycles. The van der Waals surface area contributed by atoms with Gasteiger partial charge in [-0.3, -0.25) is 9.48 Å². The van der Waals surface area contributed by atoms with E-state index in [0.717, 1.165) is 4.90 Å². The van der Waals surface area contributed by atoms with Crippen molar-refractivity contribution in [2.75, 3.05) is 16.8 Å². The Morgan fingerprint density at radius 1 is 1.14 bits per heavy atom. The molecule has 0 saturated heterocycles. The summed E-state index contributed by atoms with van der Waals surface area (Å²) in [5, 5.41) is 17.0. The highest BCUT2D eigenvalue weighted by Gasteiger charge is 2.46. The zero-order valence-corrected chi connectivity index (χ0v) is 18.6. The van der Waals surface area contributed by atoms with E-state index >= 15 is 0 Å². The van der Waals surface area contributed by atoms with Crippen molar-refractivity contribution in [2.45, 2.75) is 12.3 Å². The molecule has 1 aliphatic heterocycles. The number of amides is 1. The van der Waals surface area contributed by atoms with E-state index in [4.69, 9.17) is 0 Å². The van der Waals surface area contributed by atoms with Gasteiger partial charge in [-0.1, -0.05) is 30.3 Å². The fraction of sp³-hybridized carbons (Fsp3) is 0.160. The number of alkyl halides is 2.